The van der Waals surface area contributed by atoms with Gasteiger partial charge in [0, 0.05) is 26.2 Å². The second-order valence-corrected chi connectivity index (χ2v) is 6.53. The first-order chi connectivity index (χ1) is 12.3. The largest absolute Gasteiger partial charge is 0.378 e. The zero-order chi connectivity index (χ0) is 17.1. The van der Waals surface area contributed by atoms with Gasteiger partial charge in [-0.25, -0.2) is 4.98 Å². The van der Waals surface area contributed by atoms with Crippen LogP contribution in [-0.4, -0.2) is 65.3 Å². The first-order valence-electron chi connectivity index (χ1n) is 8.75. The summed E-state index contributed by atoms with van der Waals surface area (Å²) in [6, 6.07) is 0. The van der Waals surface area contributed by atoms with Crippen molar-refractivity contribution in [2.24, 2.45) is 0 Å². The molecule has 0 spiro atoms. The Morgan fingerprint density at radius 2 is 2.08 bits per heavy atom. The summed E-state index contributed by atoms with van der Waals surface area (Å²) in [6.07, 6.45) is 4.91. The van der Waals surface area contributed by atoms with E-state index in [1.807, 2.05) is 4.57 Å². The van der Waals surface area contributed by atoms with Crippen LogP contribution in [0.1, 0.15) is 19.3 Å². The fourth-order valence-corrected chi connectivity index (χ4v) is 3.35. The van der Waals surface area contributed by atoms with Crippen molar-refractivity contribution in [3.63, 3.8) is 0 Å². The molecular formula is C16H22ClN5O3. The lowest BCUT2D eigenvalue weighted by Crippen LogP contribution is -2.37. The van der Waals surface area contributed by atoms with E-state index < -0.39 is 0 Å². The molecule has 0 amide bonds. The van der Waals surface area contributed by atoms with Crippen molar-refractivity contribution in [1.82, 2.24) is 19.5 Å². The van der Waals surface area contributed by atoms with E-state index in [1.165, 1.54) is 0 Å². The van der Waals surface area contributed by atoms with E-state index in [-0.39, 0.29) is 11.6 Å². The number of fused-ring (bicyclic) bond motifs is 1. The highest BCUT2D eigenvalue weighted by molar-refractivity contribution is 6.28. The molecule has 0 saturated carbocycles. The zero-order valence-corrected chi connectivity index (χ0v) is 14.8. The first-order valence-corrected chi connectivity index (χ1v) is 9.13. The molecule has 2 aromatic rings. The van der Waals surface area contributed by atoms with Crippen molar-refractivity contribution in [3.8, 4) is 0 Å². The number of imidazole rings is 1. The molecule has 0 aromatic carbocycles. The maximum atomic E-state index is 6.16. The quantitative estimate of drug-likeness (QED) is 0.746. The molecule has 0 bridgehead atoms. The van der Waals surface area contributed by atoms with Crippen LogP contribution in [0.2, 0.25) is 5.28 Å². The van der Waals surface area contributed by atoms with Gasteiger partial charge in [0.25, 0.3) is 0 Å². The maximum absolute atomic E-state index is 6.16. The van der Waals surface area contributed by atoms with E-state index in [4.69, 9.17) is 25.8 Å². The smallest absolute Gasteiger partial charge is 0.226 e. The summed E-state index contributed by atoms with van der Waals surface area (Å²) in [5.74, 6) is 0.772. The molecule has 9 heteroatoms. The summed E-state index contributed by atoms with van der Waals surface area (Å²) in [6.45, 7) is 4.88. The molecule has 0 N–H and O–H groups in total. The summed E-state index contributed by atoms with van der Waals surface area (Å²) in [7, 11) is 0. The normalized spacial score (nSPS) is 21.8. The number of hydrogen-bond acceptors (Lipinski definition) is 7. The second kappa shape index (κ2) is 7.82. The highest BCUT2D eigenvalue weighted by Crippen LogP contribution is 2.25. The predicted molar refractivity (Wildman–Crippen MR) is 92.9 cm³/mol. The Kier molecular flexibility index (Phi) is 5.30. The van der Waals surface area contributed by atoms with Crippen LogP contribution >= 0.6 is 11.6 Å². The van der Waals surface area contributed by atoms with Crippen LogP contribution in [0.5, 0.6) is 0 Å². The van der Waals surface area contributed by atoms with Crippen LogP contribution in [0.3, 0.4) is 0 Å². The van der Waals surface area contributed by atoms with Crippen molar-refractivity contribution >= 4 is 28.6 Å². The molecule has 1 atom stereocenters. The van der Waals surface area contributed by atoms with Gasteiger partial charge >= 0.3 is 0 Å². The Morgan fingerprint density at radius 1 is 1.20 bits per heavy atom. The fraction of sp³-hybridized carbons (Fsp3) is 0.688. The topological polar surface area (TPSA) is 74.5 Å². The third kappa shape index (κ3) is 3.87. The van der Waals surface area contributed by atoms with Crippen molar-refractivity contribution < 1.29 is 14.2 Å². The van der Waals surface area contributed by atoms with E-state index in [1.54, 1.807) is 6.33 Å². The van der Waals surface area contributed by atoms with Crippen LogP contribution in [0.4, 0.5) is 5.82 Å². The maximum Gasteiger partial charge on any atom is 0.226 e. The monoisotopic (exact) mass is 367 g/mol. The predicted octanol–water partition coefficient (Wildman–Crippen LogP) is 1.86. The Balaban J connectivity index is 1.49. The molecule has 2 aromatic heterocycles. The summed E-state index contributed by atoms with van der Waals surface area (Å²) in [5.41, 5.74) is 1.50. The number of rotatable bonds is 5. The Labute approximate surface area is 151 Å². The first kappa shape index (κ1) is 17.0. The number of hydrogen-bond donors (Lipinski definition) is 0. The second-order valence-electron chi connectivity index (χ2n) is 6.19. The molecule has 8 nitrogen and oxygen atoms in total. The number of nitrogens with zero attached hydrogens (tertiary/aromatic N) is 5. The molecule has 4 heterocycles. The summed E-state index contributed by atoms with van der Waals surface area (Å²) >= 11 is 6.16. The van der Waals surface area contributed by atoms with Crippen molar-refractivity contribution in [2.75, 3.05) is 44.4 Å². The number of ether oxygens (including phenoxy) is 3. The molecule has 0 aliphatic carbocycles. The standard InChI is InChI=1S/C16H22ClN5O3/c17-16-19-14(21-4-8-23-9-5-21)13-15(20-16)22(11-18-13)6-10-25-12-3-1-2-7-24-12/h11-12H,1-10H2. The molecule has 136 valence electrons. The van der Waals surface area contributed by atoms with E-state index in [2.05, 4.69) is 19.9 Å². The van der Waals surface area contributed by atoms with Crippen LogP contribution in [0, 0.1) is 0 Å². The van der Waals surface area contributed by atoms with Gasteiger partial charge in [-0.3, -0.25) is 0 Å². The van der Waals surface area contributed by atoms with Gasteiger partial charge in [-0.2, -0.15) is 9.97 Å². The minimum atomic E-state index is -0.0920. The average Bonchev–Trinajstić information content (AvgIpc) is 3.05. The summed E-state index contributed by atoms with van der Waals surface area (Å²) in [5, 5.41) is 0.229. The van der Waals surface area contributed by atoms with Crippen molar-refractivity contribution in [1.29, 1.82) is 0 Å². The van der Waals surface area contributed by atoms with Gasteiger partial charge in [0.15, 0.2) is 23.3 Å². The molecular weight excluding hydrogens is 346 g/mol. The molecule has 2 saturated heterocycles. The van der Waals surface area contributed by atoms with Gasteiger partial charge < -0.3 is 23.7 Å². The number of anilines is 1. The lowest BCUT2D eigenvalue weighted by Gasteiger charge is -2.27. The van der Waals surface area contributed by atoms with Crippen molar-refractivity contribution in [3.05, 3.63) is 11.6 Å². The molecule has 4 rings (SSSR count). The number of morpholine rings is 1. The van der Waals surface area contributed by atoms with Gasteiger partial charge in [-0.1, -0.05) is 0 Å². The average molecular weight is 368 g/mol. The molecule has 25 heavy (non-hydrogen) atoms. The van der Waals surface area contributed by atoms with E-state index in [9.17, 15) is 0 Å². The van der Waals surface area contributed by atoms with Crippen LogP contribution in [0.25, 0.3) is 11.2 Å². The van der Waals surface area contributed by atoms with Crippen LogP contribution in [-0.2, 0) is 20.8 Å². The van der Waals surface area contributed by atoms with Gasteiger partial charge in [-0.05, 0) is 30.9 Å². The van der Waals surface area contributed by atoms with Crippen LogP contribution < -0.4 is 4.90 Å². The van der Waals surface area contributed by atoms with Crippen molar-refractivity contribution in [2.45, 2.75) is 32.1 Å². The fourth-order valence-electron chi connectivity index (χ4n) is 3.19. The van der Waals surface area contributed by atoms with Crippen LogP contribution in [0.15, 0.2) is 6.33 Å². The van der Waals surface area contributed by atoms with E-state index in [0.717, 1.165) is 55.9 Å². The molecule has 2 aliphatic heterocycles. The highest BCUT2D eigenvalue weighted by atomic mass is 35.5. The molecule has 2 aliphatic rings. The zero-order valence-electron chi connectivity index (χ0n) is 14.1. The third-order valence-corrected chi connectivity index (χ3v) is 4.67. The molecule has 1 unspecified atom stereocenters. The SMILES string of the molecule is Clc1nc(N2CCOCC2)c2ncn(CCOC3CCCCO3)c2n1. The molecule has 2 fully saturated rings. The minimum Gasteiger partial charge on any atom is -0.378 e. The van der Waals surface area contributed by atoms with E-state index in [0.29, 0.717) is 26.4 Å². The minimum absolute atomic E-state index is 0.0920. The Hall–Kier alpha value is -1.48. The number of aromatic nitrogens is 4. The summed E-state index contributed by atoms with van der Waals surface area (Å²) < 4.78 is 18.8. The highest BCUT2D eigenvalue weighted by Gasteiger charge is 2.20. The molecule has 0 radical (unpaired) electrons. The third-order valence-electron chi connectivity index (χ3n) is 4.50. The number of halogens is 1. The van der Waals surface area contributed by atoms with E-state index >= 15 is 0 Å². The Bertz CT molecular complexity index is 713. The lowest BCUT2D eigenvalue weighted by atomic mass is 10.2. The Morgan fingerprint density at radius 3 is 2.88 bits per heavy atom. The van der Waals surface area contributed by atoms with Gasteiger partial charge in [-0.15, -0.1) is 0 Å². The van der Waals surface area contributed by atoms with Gasteiger partial charge in [0.2, 0.25) is 5.28 Å². The lowest BCUT2D eigenvalue weighted by molar-refractivity contribution is -0.163. The van der Waals surface area contributed by atoms with Gasteiger partial charge in [0.05, 0.1) is 26.1 Å². The summed E-state index contributed by atoms with van der Waals surface area (Å²) in [4.78, 5) is 15.4. The van der Waals surface area contributed by atoms with Gasteiger partial charge in [0.1, 0.15) is 0 Å².